The second-order valence-corrected chi connectivity index (χ2v) is 5.71. The maximum absolute atomic E-state index is 13.6. The van der Waals surface area contributed by atoms with Crippen LogP contribution in [0.1, 0.15) is 5.56 Å². The molecule has 1 unspecified atom stereocenters. The van der Waals surface area contributed by atoms with Crippen LogP contribution < -0.4 is 5.32 Å². The summed E-state index contributed by atoms with van der Waals surface area (Å²) < 4.78 is 13.6. The average Bonchev–Trinajstić information content (AvgIpc) is 2.55. The molecule has 5 nitrogen and oxygen atoms in total. The predicted octanol–water partition coefficient (Wildman–Crippen LogP) is 2.12. The van der Waals surface area contributed by atoms with E-state index in [0.717, 1.165) is 0 Å². The van der Waals surface area contributed by atoms with E-state index in [0.29, 0.717) is 5.03 Å². The van der Waals surface area contributed by atoms with Crippen molar-refractivity contribution in [1.82, 2.24) is 10.3 Å². The molecule has 0 bridgehead atoms. The van der Waals surface area contributed by atoms with Crippen molar-refractivity contribution in [2.24, 2.45) is 0 Å². The molecule has 2 rings (SSSR count). The number of hydrogen-bond donors (Lipinski definition) is 2. The van der Waals surface area contributed by atoms with E-state index in [9.17, 15) is 19.1 Å². The molecule has 1 amide bonds. The molecule has 0 spiro atoms. The number of carbonyl (C=O) groups excluding carboxylic acids is 1. The van der Waals surface area contributed by atoms with Crippen molar-refractivity contribution in [1.29, 1.82) is 0 Å². The van der Waals surface area contributed by atoms with Gasteiger partial charge in [-0.15, -0.1) is 0 Å². The summed E-state index contributed by atoms with van der Waals surface area (Å²) in [5.41, 5.74) is 0.248. The van der Waals surface area contributed by atoms with Gasteiger partial charge in [-0.25, -0.2) is 14.2 Å². The molecule has 0 aliphatic carbocycles. The Kier molecular flexibility index (Phi) is 6.10. The van der Waals surface area contributed by atoms with E-state index in [4.69, 9.17) is 0 Å². The number of carboxylic acid groups (broad SMARTS) is 1. The van der Waals surface area contributed by atoms with Gasteiger partial charge < -0.3 is 10.4 Å². The fourth-order valence-corrected chi connectivity index (χ4v) is 2.56. The largest absolute Gasteiger partial charge is 0.480 e. The van der Waals surface area contributed by atoms with E-state index in [-0.39, 0.29) is 17.7 Å². The number of carbonyl (C=O) groups is 2. The summed E-state index contributed by atoms with van der Waals surface area (Å²) in [6, 6.07) is 10.0. The first kappa shape index (κ1) is 17.0. The van der Waals surface area contributed by atoms with E-state index in [2.05, 4.69) is 10.3 Å². The molecule has 1 aromatic heterocycles. The van der Waals surface area contributed by atoms with Crippen LogP contribution in [0.2, 0.25) is 0 Å². The van der Waals surface area contributed by atoms with Crippen LogP contribution in [0.4, 0.5) is 4.39 Å². The number of nitrogens with one attached hydrogen (secondary N) is 1. The number of halogens is 1. The van der Waals surface area contributed by atoms with Crippen molar-refractivity contribution in [3.05, 3.63) is 60.0 Å². The smallest absolute Gasteiger partial charge is 0.326 e. The number of hydrogen-bond acceptors (Lipinski definition) is 4. The highest BCUT2D eigenvalue weighted by Gasteiger charge is 2.21. The Labute approximate surface area is 136 Å². The highest BCUT2D eigenvalue weighted by Crippen LogP contribution is 2.14. The van der Waals surface area contributed by atoms with E-state index in [1.807, 2.05) is 0 Å². The van der Waals surface area contributed by atoms with Crippen molar-refractivity contribution >= 4 is 23.6 Å². The minimum Gasteiger partial charge on any atom is -0.480 e. The number of rotatable bonds is 7. The van der Waals surface area contributed by atoms with Crippen molar-refractivity contribution in [3.8, 4) is 0 Å². The minimum atomic E-state index is -1.20. The van der Waals surface area contributed by atoms with Gasteiger partial charge in [0.05, 0.1) is 10.8 Å². The van der Waals surface area contributed by atoms with Crippen LogP contribution in [0.3, 0.4) is 0 Å². The Morgan fingerprint density at radius 3 is 2.61 bits per heavy atom. The summed E-state index contributed by atoms with van der Waals surface area (Å²) in [6.07, 6.45) is 1.50. The van der Waals surface area contributed by atoms with Crippen molar-refractivity contribution in [3.63, 3.8) is 0 Å². The first-order valence-corrected chi connectivity index (χ1v) is 7.84. The summed E-state index contributed by atoms with van der Waals surface area (Å²) in [6.45, 7) is 0. The zero-order valence-corrected chi connectivity index (χ0v) is 12.9. The standard InChI is InChI=1S/C16H15FN2O3S/c17-12-6-2-1-5-11(12)9-13(16(21)22)19-14(20)10-23-15-7-3-4-8-18-15/h1-8,13H,9-10H2,(H,19,20)(H,21,22). The molecule has 2 N–H and O–H groups in total. The van der Waals surface area contributed by atoms with Gasteiger partial charge in [0.1, 0.15) is 11.9 Å². The maximum Gasteiger partial charge on any atom is 0.326 e. The SMILES string of the molecule is O=C(CSc1ccccn1)NC(Cc1ccccc1F)C(=O)O. The summed E-state index contributed by atoms with van der Waals surface area (Å²) in [5, 5.41) is 12.3. The lowest BCUT2D eigenvalue weighted by atomic mass is 10.1. The van der Waals surface area contributed by atoms with Gasteiger partial charge in [0.15, 0.2) is 0 Å². The van der Waals surface area contributed by atoms with E-state index < -0.39 is 23.7 Å². The number of aromatic nitrogens is 1. The number of benzene rings is 1. The van der Waals surface area contributed by atoms with E-state index >= 15 is 0 Å². The molecule has 1 aromatic carbocycles. The first-order chi connectivity index (χ1) is 11.1. The molecule has 1 atom stereocenters. The Hall–Kier alpha value is -2.41. The van der Waals surface area contributed by atoms with Gasteiger partial charge >= 0.3 is 5.97 Å². The van der Waals surface area contributed by atoms with Gasteiger partial charge in [0.25, 0.3) is 0 Å². The molecule has 2 aromatic rings. The van der Waals surface area contributed by atoms with Gasteiger partial charge in [0, 0.05) is 12.6 Å². The molecule has 0 radical (unpaired) electrons. The van der Waals surface area contributed by atoms with Crippen LogP contribution in [-0.4, -0.2) is 33.8 Å². The normalized spacial score (nSPS) is 11.7. The fraction of sp³-hybridized carbons (Fsp3) is 0.188. The fourth-order valence-electron chi connectivity index (χ4n) is 1.89. The molecule has 0 saturated carbocycles. The third-order valence-electron chi connectivity index (χ3n) is 3.00. The van der Waals surface area contributed by atoms with Gasteiger partial charge in [-0.2, -0.15) is 0 Å². The third kappa shape index (κ3) is 5.37. The molecular weight excluding hydrogens is 319 g/mol. The summed E-state index contributed by atoms with van der Waals surface area (Å²) in [5.74, 6) is -2.09. The number of thioether (sulfide) groups is 1. The van der Waals surface area contributed by atoms with Crippen LogP contribution in [0.15, 0.2) is 53.7 Å². The molecule has 23 heavy (non-hydrogen) atoms. The van der Waals surface area contributed by atoms with Gasteiger partial charge in [-0.3, -0.25) is 4.79 Å². The number of pyridine rings is 1. The monoisotopic (exact) mass is 334 g/mol. The predicted molar refractivity (Wildman–Crippen MR) is 84.6 cm³/mol. The van der Waals surface area contributed by atoms with Crippen molar-refractivity contribution < 1.29 is 19.1 Å². The molecule has 0 saturated heterocycles. The Balaban J connectivity index is 1.92. The lowest BCUT2D eigenvalue weighted by Gasteiger charge is -2.15. The number of carboxylic acids is 1. The van der Waals surface area contributed by atoms with Crippen molar-refractivity contribution in [2.45, 2.75) is 17.5 Å². The van der Waals surface area contributed by atoms with Crippen LogP contribution in [0.5, 0.6) is 0 Å². The van der Waals surface area contributed by atoms with E-state index in [1.54, 1.807) is 30.5 Å². The van der Waals surface area contributed by atoms with Gasteiger partial charge in [-0.05, 0) is 23.8 Å². The second-order valence-electron chi connectivity index (χ2n) is 4.71. The Morgan fingerprint density at radius 2 is 1.96 bits per heavy atom. The summed E-state index contributed by atoms with van der Waals surface area (Å²) in [4.78, 5) is 27.2. The molecular formula is C16H15FN2O3S. The quantitative estimate of drug-likeness (QED) is 0.758. The molecule has 120 valence electrons. The molecule has 1 heterocycles. The molecule has 0 fully saturated rings. The first-order valence-electron chi connectivity index (χ1n) is 6.85. The maximum atomic E-state index is 13.6. The van der Waals surface area contributed by atoms with Crippen LogP contribution >= 0.6 is 11.8 Å². The van der Waals surface area contributed by atoms with Crippen molar-refractivity contribution in [2.75, 3.05) is 5.75 Å². The average molecular weight is 334 g/mol. The topological polar surface area (TPSA) is 79.3 Å². The zero-order valence-electron chi connectivity index (χ0n) is 12.1. The number of aliphatic carboxylic acids is 1. The lowest BCUT2D eigenvalue weighted by molar-refractivity contribution is -0.141. The Bertz CT molecular complexity index is 682. The summed E-state index contributed by atoms with van der Waals surface area (Å²) in [7, 11) is 0. The molecule has 0 aliphatic heterocycles. The lowest BCUT2D eigenvalue weighted by Crippen LogP contribution is -2.43. The molecule has 0 aliphatic rings. The number of nitrogens with zero attached hydrogens (tertiary/aromatic N) is 1. The van der Waals surface area contributed by atoms with Gasteiger partial charge in [-0.1, -0.05) is 36.0 Å². The second kappa shape index (κ2) is 8.28. The number of amides is 1. The van der Waals surface area contributed by atoms with Crippen LogP contribution in [-0.2, 0) is 16.0 Å². The highest BCUT2D eigenvalue weighted by atomic mass is 32.2. The summed E-state index contributed by atoms with van der Waals surface area (Å²) >= 11 is 1.20. The highest BCUT2D eigenvalue weighted by molar-refractivity contribution is 7.99. The van der Waals surface area contributed by atoms with Gasteiger partial charge in [0.2, 0.25) is 5.91 Å². The van der Waals surface area contributed by atoms with E-state index in [1.165, 1.54) is 30.0 Å². The zero-order chi connectivity index (χ0) is 16.7. The minimum absolute atomic E-state index is 0.0397. The Morgan fingerprint density at radius 1 is 1.22 bits per heavy atom. The van der Waals surface area contributed by atoms with Crippen LogP contribution in [0, 0.1) is 5.82 Å². The third-order valence-corrected chi connectivity index (χ3v) is 3.95. The molecule has 7 heteroatoms. The van der Waals surface area contributed by atoms with Crippen LogP contribution in [0.25, 0.3) is 0 Å².